The molecular formula is C60H112O6. The van der Waals surface area contributed by atoms with Crippen LogP contribution in [0, 0.1) is 0 Å². The van der Waals surface area contributed by atoms with Crippen LogP contribution in [0.5, 0.6) is 0 Å². The molecule has 0 aromatic rings. The number of hydrogen-bond donors (Lipinski definition) is 0. The van der Waals surface area contributed by atoms with Crippen LogP contribution in [0.2, 0.25) is 0 Å². The molecule has 0 aromatic carbocycles. The number of unbranched alkanes of at least 4 members (excludes halogenated alkanes) is 39. The lowest BCUT2D eigenvalue weighted by molar-refractivity contribution is -0.167. The zero-order valence-electron chi connectivity index (χ0n) is 44.5. The standard InChI is InChI=1S/C60H112O6/c1-4-7-10-13-16-19-22-25-28-30-32-35-38-41-44-47-50-53-59(62)65-56-57(55-64-58(61)52-49-46-43-40-37-34-27-24-21-18-15-12-9-6-3)66-60(63)54-51-48-45-42-39-36-33-31-29-26-23-20-17-14-11-8-5-2/h15,18,24,27,57H,4-14,16-17,19-23,25-26,28-56H2,1-3H3/b18-15+,27-24+/t57-/m1/s1. The Balaban J connectivity index is 4.32. The average molecular weight is 930 g/mol. The van der Waals surface area contributed by atoms with Gasteiger partial charge in [-0.25, -0.2) is 0 Å². The van der Waals surface area contributed by atoms with Crippen molar-refractivity contribution >= 4 is 17.9 Å². The Kier molecular flexibility index (Phi) is 53.7. The van der Waals surface area contributed by atoms with Crippen molar-refractivity contribution in [3.63, 3.8) is 0 Å². The summed E-state index contributed by atoms with van der Waals surface area (Å²) in [7, 11) is 0. The number of ether oxygens (including phenoxy) is 3. The molecule has 0 heterocycles. The van der Waals surface area contributed by atoms with Crippen LogP contribution in [-0.2, 0) is 28.6 Å². The van der Waals surface area contributed by atoms with Crippen molar-refractivity contribution in [1.82, 2.24) is 0 Å². The Morgan fingerprint density at radius 3 is 0.879 bits per heavy atom. The predicted molar refractivity (Wildman–Crippen MR) is 284 cm³/mol. The highest BCUT2D eigenvalue weighted by Crippen LogP contribution is 2.17. The van der Waals surface area contributed by atoms with Crippen molar-refractivity contribution in [2.24, 2.45) is 0 Å². The maximum atomic E-state index is 12.9. The van der Waals surface area contributed by atoms with Crippen molar-refractivity contribution < 1.29 is 28.6 Å². The van der Waals surface area contributed by atoms with Gasteiger partial charge in [0.25, 0.3) is 0 Å². The van der Waals surface area contributed by atoms with Gasteiger partial charge < -0.3 is 14.2 Å². The van der Waals surface area contributed by atoms with E-state index < -0.39 is 6.10 Å². The summed E-state index contributed by atoms with van der Waals surface area (Å²) in [5.41, 5.74) is 0. The molecule has 6 heteroatoms. The molecule has 0 saturated heterocycles. The minimum Gasteiger partial charge on any atom is -0.462 e. The van der Waals surface area contributed by atoms with E-state index in [2.05, 4.69) is 45.1 Å². The fourth-order valence-corrected chi connectivity index (χ4v) is 8.76. The third-order valence-electron chi connectivity index (χ3n) is 13.2. The van der Waals surface area contributed by atoms with Gasteiger partial charge in [0, 0.05) is 19.3 Å². The first-order chi connectivity index (χ1) is 32.5. The summed E-state index contributed by atoms with van der Waals surface area (Å²) >= 11 is 0. The fraction of sp³-hybridized carbons (Fsp3) is 0.883. The lowest BCUT2D eigenvalue weighted by Crippen LogP contribution is -2.30. The van der Waals surface area contributed by atoms with E-state index in [-0.39, 0.29) is 31.1 Å². The Hall–Kier alpha value is -2.11. The van der Waals surface area contributed by atoms with Crippen LogP contribution in [-0.4, -0.2) is 37.2 Å². The minimum atomic E-state index is -0.772. The third kappa shape index (κ3) is 52.9. The largest absolute Gasteiger partial charge is 0.462 e. The highest BCUT2D eigenvalue weighted by atomic mass is 16.6. The second-order valence-corrected chi connectivity index (χ2v) is 19.9. The van der Waals surface area contributed by atoms with E-state index in [1.54, 1.807) is 0 Å². The zero-order valence-corrected chi connectivity index (χ0v) is 44.5. The highest BCUT2D eigenvalue weighted by Gasteiger charge is 2.19. The summed E-state index contributed by atoms with van der Waals surface area (Å²) in [5.74, 6) is -0.861. The molecule has 0 rings (SSSR count). The maximum absolute atomic E-state index is 12.9. The quantitative estimate of drug-likeness (QED) is 0.0262. The van der Waals surface area contributed by atoms with Gasteiger partial charge >= 0.3 is 17.9 Å². The lowest BCUT2D eigenvalue weighted by Gasteiger charge is -2.18. The van der Waals surface area contributed by atoms with Crippen LogP contribution >= 0.6 is 0 Å². The number of allylic oxidation sites excluding steroid dienone is 4. The van der Waals surface area contributed by atoms with E-state index >= 15 is 0 Å². The Bertz CT molecular complexity index is 1070. The number of hydrogen-bond acceptors (Lipinski definition) is 6. The van der Waals surface area contributed by atoms with E-state index in [1.807, 2.05) is 0 Å². The molecule has 0 amide bonds. The van der Waals surface area contributed by atoms with Crippen molar-refractivity contribution in [3.8, 4) is 0 Å². The van der Waals surface area contributed by atoms with Gasteiger partial charge in [0.15, 0.2) is 6.10 Å². The summed E-state index contributed by atoms with van der Waals surface area (Å²) in [5, 5.41) is 0. The van der Waals surface area contributed by atoms with Crippen LogP contribution < -0.4 is 0 Å². The van der Waals surface area contributed by atoms with E-state index in [9.17, 15) is 14.4 Å². The van der Waals surface area contributed by atoms with Crippen molar-refractivity contribution in [2.75, 3.05) is 13.2 Å². The topological polar surface area (TPSA) is 78.9 Å². The molecule has 0 spiro atoms. The fourth-order valence-electron chi connectivity index (χ4n) is 8.76. The smallest absolute Gasteiger partial charge is 0.306 e. The van der Waals surface area contributed by atoms with Crippen LogP contribution in [0.1, 0.15) is 323 Å². The number of carbonyl (C=O) groups is 3. The van der Waals surface area contributed by atoms with Crippen molar-refractivity contribution in [1.29, 1.82) is 0 Å². The van der Waals surface area contributed by atoms with Crippen LogP contribution in [0.15, 0.2) is 24.3 Å². The van der Waals surface area contributed by atoms with Gasteiger partial charge in [-0.2, -0.15) is 0 Å². The van der Waals surface area contributed by atoms with Gasteiger partial charge in [-0.05, 0) is 44.9 Å². The summed E-state index contributed by atoms with van der Waals surface area (Å²) in [6.07, 6.45) is 64.5. The number of esters is 3. The van der Waals surface area contributed by atoms with E-state index in [0.717, 1.165) is 77.0 Å². The molecule has 66 heavy (non-hydrogen) atoms. The summed E-state index contributed by atoms with van der Waals surface area (Å²) in [4.78, 5) is 38.2. The molecule has 0 aromatic heterocycles. The second kappa shape index (κ2) is 55.5. The average Bonchev–Trinajstić information content (AvgIpc) is 3.31. The maximum Gasteiger partial charge on any atom is 0.306 e. The minimum absolute atomic E-state index is 0.0700. The van der Waals surface area contributed by atoms with Gasteiger partial charge in [-0.3, -0.25) is 14.4 Å². The second-order valence-electron chi connectivity index (χ2n) is 19.9. The van der Waals surface area contributed by atoms with Gasteiger partial charge in [0.1, 0.15) is 13.2 Å². The van der Waals surface area contributed by atoms with Crippen LogP contribution in [0.3, 0.4) is 0 Å². The van der Waals surface area contributed by atoms with E-state index in [0.29, 0.717) is 19.3 Å². The SMILES string of the molecule is CCCC/C=C/C/C=C/CCCCCCCC(=O)OC[C@H](COC(=O)CCCCCCCCCCCCCCCCCCC)OC(=O)CCCCCCCCCCCCCCCCCCC. The molecule has 6 nitrogen and oxygen atoms in total. The van der Waals surface area contributed by atoms with Crippen LogP contribution in [0.25, 0.3) is 0 Å². The van der Waals surface area contributed by atoms with E-state index in [4.69, 9.17) is 14.2 Å². The molecule has 0 radical (unpaired) electrons. The summed E-state index contributed by atoms with van der Waals surface area (Å²) < 4.78 is 16.9. The molecule has 0 unspecified atom stereocenters. The molecule has 388 valence electrons. The molecule has 0 fully saturated rings. The molecule has 0 aliphatic rings. The molecule has 0 aliphatic carbocycles. The van der Waals surface area contributed by atoms with Gasteiger partial charge in [0.2, 0.25) is 0 Å². The molecule has 0 N–H and O–H groups in total. The molecule has 0 saturated carbocycles. The first kappa shape index (κ1) is 63.9. The van der Waals surface area contributed by atoms with Crippen molar-refractivity contribution in [3.05, 3.63) is 24.3 Å². The van der Waals surface area contributed by atoms with Crippen LogP contribution in [0.4, 0.5) is 0 Å². The number of carbonyl (C=O) groups excluding carboxylic acids is 3. The molecule has 1 atom stereocenters. The van der Waals surface area contributed by atoms with Gasteiger partial charge in [0.05, 0.1) is 0 Å². The molecular weight excluding hydrogens is 817 g/mol. The Morgan fingerprint density at radius 2 is 0.561 bits per heavy atom. The predicted octanol–water partition coefficient (Wildman–Crippen LogP) is 19.5. The zero-order chi connectivity index (χ0) is 47.9. The number of rotatable bonds is 54. The Morgan fingerprint density at radius 1 is 0.303 bits per heavy atom. The molecule has 0 aliphatic heterocycles. The summed E-state index contributed by atoms with van der Waals surface area (Å²) in [6, 6.07) is 0. The first-order valence-corrected chi connectivity index (χ1v) is 29.3. The van der Waals surface area contributed by atoms with Gasteiger partial charge in [-0.1, -0.05) is 283 Å². The lowest BCUT2D eigenvalue weighted by atomic mass is 10.0. The van der Waals surface area contributed by atoms with Gasteiger partial charge in [-0.15, -0.1) is 0 Å². The van der Waals surface area contributed by atoms with E-state index in [1.165, 1.54) is 205 Å². The monoisotopic (exact) mass is 929 g/mol. The third-order valence-corrected chi connectivity index (χ3v) is 13.2. The normalized spacial score (nSPS) is 12.1. The first-order valence-electron chi connectivity index (χ1n) is 29.3. The van der Waals surface area contributed by atoms with Crippen molar-refractivity contribution in [2.45, 2.75) is 329 Å². The summed E-state index contributed by atoms with van der Waals surface area (Å²) in [6.45, 7) is 6.64. The highest BCUT2D eigenvalue weighted by molar-refractivity contribution is 5.71. The molecule has 0 bridgehead atoms. The Labute approximate surface area is 411 Å².